The van der Waals surface area contributed by atoms with Crippen molar-refractivity contribution in [1.29, 1.82) is 0 Å². The van der Waals surface area contributed by atoms with Gasteiger partial charge in [0.05, 0.1) is 18.2 Å². The van der Waals surface area contributed by atoms with E-state index >= 15 is 0 Å². The molecule has 3 aliphatic rings. The van der Waals surface area contributed by atoms with Gasteiger partial charge >= 0.3 is 0 Å². The highest BCUT2D eigenvalue weighted by Crippen LogP contribution is 2.34. The zero-order valence-electron chi connectivity index (χ0n) is 16.4. The largest absolute Gasteiger partial charge is 0.373 e. The summed E-state index contributed by atoms with van der Waals surface area (Å²) in [6.45, 7) is 8.13. The lowest BCUT2D eigenvalue weighted by Gasteiger charge is -2.23. The monoisotopic (exact) mass is 390 g/mol. The predicted molar refractivity (Wildman–Crippen MR) is 112 cm³/mol. The lowest BCUT2D eigenvalue weighted by atomic mass is 9.96. The maximum Gasteiger partial charge on any atom is 0.191 e. The molecule has 6 heteroatoms. The van der Waals surface area contributed by atoms with Crippen LogP contribution < -0.4 is 15.5 Å². The van der Waals surface area contributed by atoms with Gasteiger partial charge in [0, 0.05) is 36.9 Å². The molecule has 0 spiro atoms. The summed E-state index contributed by atoms with van der Waals surface area (Å²) in [5.41, 5.74) is 2.55. The van der Waals surface area contributed by atoms with Gasteiger partial charge in [-0.25, -0.2) is 0 Å². The van der Waals surface area contributed by atoms with Gasteiger partial charge in [-0.05, 0) is 63.1 Å². The SMILES string of the molecule is CCNC(=NCC1CCN(c2cc(Cl)ccc2C)C1)NC1CC2CCC1O2. The normalized spacial score (nSPS) is 30.2. The lowest BCUT2D eigenvalue weighted by Crippen LogP contribution is -2.47. The molecule has 1 aromatic rings. The van der Waals surface area contributed by atoms with E-state index in [0.717, 1.165) is 43.6 Å². The highest BCUT2D eigenvalue weighted by Gasteiger charge is 2.41. The topological polar surface area (TPSA) is 48.9 Å². The second-order valence-electron chi connectivity index (χ2n) is 8.11. The van der Waals surface area contributed by atoms with Gasteiger partial charge in [-0.2, -0.15) is 0 Å². The van der Waals surface area contributed by atoms with Crippen molar-refractivity contribution < 1.29 is 4.74 Å². The molecule has 4 unspecified atom stereocenters. The summed E-state index contributed by atoms with van der Waals surface area (Å²) in [5, 5.41) is 7.83. The van der Waals surface area contributed by atoms with Gasteiger partial charge in [0.15, 0.2) is 5.96 Å². The number of benzene rings is 1. The smallest absolute Gasteiger partial charge is 0.191 e. The number of nitrogens with one attached hydrogen (secondary N) is 2. The number of halogens is 1. The van der Waals surface area contributed by atoms with Gasteiger partial charge in [-0.1, -0.05) is 17.7 Å². The molecule has 5 nitrogen and oxygen atoms in total. The van der Waals surface area contributed by atoms with E-state index < -0.39 is 0 Å². The third kappa shape index (κ3) is 4.35. The Kier molecular flexibility index (Phi) is 5.79. The van der Waals surface area contributed by atoms with Crippen LogP contribution >= 0.6 is 11.6 Å². The number of aliphatic imine (C=N–C) groups is 1. The van der Waals surface area contributed by atoms with Crippen molar-refractivity contribution in [2.75, 3.05) is 31.1 Å². The van der Waals surface area contributed by atoms with Crippen LogP contribution in [0.2, 0.25) is 5.02 Å². The summed E-state index contributed by atoms with van der Waals surface area (Å²) >= 11 is 6.20. The molecular weight excluding hydrogens is 360 g/mol. The second kappa shape index (κ2) is 8.27. The molecule has 3 heterocycles. The van der Waals surface area contributed by atoms with Crippen LogP contribution in [0.5, 0.6) is 0 Å². The molecule has 4 rings (SSSR count). The number of hydrogen-bond acceptors (Lipinski definition) is 3. The van der Waals surface area contributed by atoms with Crippen LogP contribution in [0.4, 0.5) is 5.69 Å². The Morgan fingerprint density at radius 3 is 2.96 bits per heavy atom. The van der Waals surface area contributed by atoms with Crippen LogP contribution in [0.1, 0.15) is 38.2 Å². The maximum atomic E-state index is 6.20. The van der Waals surface area contributed by atoms with Gasteiger partial charge in [-0.3, -0.25) is 4.99 Å². The summed E-state index contributed by atoms with van der Waals surface area (Å²) in [6.07, 6.45) is 5.51. The van der Waals surface area contributed by atoms with Crippen molar-refractivity contribution >= 4 is 23.2 Å². The van der Waals surface area contributed by atoms with Crippen molar-refractivity contribution in [1.82, 2.24) is 10.6 Å². The van der Waals surface area contributed by atoms with E-state index in [1.807, 2.05) is 6.07 Å². The summed E-state index contributed by atoms with van der Waals surface area (Å²) in [6, 6.07) is 6.57. The fourth-order valence-electron chi connectivity index (χ4n) is 4.63. The molecule has 3 aliphatic heterocycles. The first-order valence-corrected chi connectivity index (χ1v) is 10.7. The Balaban J connectivity index is 1.34. The Hall–Kier alpha value is -1.46. The van der Waals surface area contributed by atoms with Crippen LogP contribution in [0.25, 0.3) is 0 Å². The first kappa shape index (κ1) is 18.9. The van der Waals surface area contributed by atoms with Gasteiger partial charge in [0.1, 0.15) is 0 Å². The Bertz CT molecular complexity index is 695. The summed E-state index contributed by atoms with van der Waals surface area (Å²) in [4.78, 5) is 7.35. The number of fused-ring (bicyclic) bond motifs is 2. The minimum absolute atomic E-state index is 0.367. The third-order valence-corrected chi connectivity index (χ3v) is 6.31. The van der Waals surface area contributed by atoms with E-state index in [1.165, 1.54) is 30.5 Å². The number of nitrogens with zero attached hydrogens (tertiary/aromatic N) is 2. The highest BCUT2D eigenvalue weighted by atomic mass is 35.5. The van der Waals surface area contributed by atoms with Gasteiger partial charge in [-0.15, -0.1) is 0 Å². The fraction of sp³-hybridized carbons (Fsp3) is 0.667. The molecule has 0 aromatic heterocycles. The number of guanidine groups is 1. The average Bonchev–Trinajstić information content (AvgIpc) is 3.38. The number of ether oxygens (including phenoxy) is 1. The summed E-state index contributed by atoms with van der Waals surface area (Å²) in [5.74, 6) is 1.52. The van der Waals surface area contributed by atoms with E-state index in [9.17, 15) is 0 Å². The molecular formula is C21H31ClN4O. The highest BCUT2D eigenvalue weighted by molar-refractivity contribution is 6.30. The Labute approximate surface area is 167 Å². The third-order valence-electron chi connectivity index (χ3n) is 6.08. The van der Waals surface area contributed by atoms with Crippen molar-refractivity contribution in [3.05, 3.63) is 28.8 Å². The van der Waals surface area contributed by atoms with Crippen LogP contribution in [0.15, 0.2) is 23.2 Å². The van der Waals surface area contributed by atoms with Crippen molar-refractivity contribution in [2.45, 2.75) is 57.8 Å². The predicted octanol–water partition coefficient (Wildman–Crippen LogP) is 3.35. The fourth-order valence-corrected chi connectivity index (χ4v) is 4.80. The molecule has 1 aromatic carbocycles. The standard InChI is InChI=1S/C21H31ClN4O/c1-3-23-21(25-18-11-17-6-7-20(18)27-17)24-12-15-8-9-26(13-15)19-10-16(22)5-4-14(19)2/h4-5,10,15,17-18,20H,3,6-9,11-13H2,1-2H3,(H2,23,24,25). The van der Waals surface area contributed by atoms with Gasteiger partial charge < -0.3 is 20.3 Å². The van der Waals surface area contributed by atoms with E-state index in [2.05, 4.69) is 41.5 Å². The molecule has 27 heavy (non-hydrogen) atoms. The quantitative estimate of drug-likeness (QED) is 0.598. The van der Waals surface area contributed by atoms with Crippen LogP contribution in [0, 0.1) is 12.8 Å². The summed E-state index contributed by atoms with van der Waals surface area (Å²) < 4.78 is 5.96. The first-order chi connectivity index (χ1) is 13.1. The summed E-state index contributed by atoms with van der Waals surface area (Å²) in [7, 11) is 0. The molecule has 2 bridgehead atoms. The average molecular weight is 391 g/mol. The first-order valence-electron chi connectivity index (χ1n) is 10.3. The van der Waals surface area contributed by atoms with E-state index in [1.54, 1.807) is 0 Å². The molecule has 2 N–H and O–H groups in total. The number of anilines is 1. The minimum atomic E-state index is 0.367. The zero-order valence-corrected chi connectivity index (χ0v) is 17.1. The van der Waals surface area contributed by atoms with E-state index in [4.69, 9.17) is 21.3 Å². The molecule has 4 atom stereocenters. The Morgan fingerprint density at radius 2 is 2.22 bits per heavy atom. The van der Waals surface area contributed by atoms with Gasteiger partial charge in [0.25, 0.3) is 0 Å². The van der Waals surface area contributed by atoms with Crippen LogP contribution in [-0.2, 0) is 4.74 Å². The maximum absolute atomic E-state index is 6.20. The lowest BCUT2D eigenvalue weighted by molar-refractivity contribution is 0.0992. The molecule has 0 saturated carbocycles. The van der Waals surface area contributed by atoms with E-state index in [0.29, 0.717) is 24.2 Å². The van der Waals surface area contributed by atoms with Crippen LogP contribution in [-0.4, -0.2) is 50.4 Å². The minimum Gasteiger partial charge on any atom is -0.373 e. The molecule has 3 fully saturated rings. The van der Waals surface area contributed by atoms with Crippen LogP contribution in [0.3, 0.4) is 0 Å². The van der Waals surface area contributed by atoms with E-state index in [-0.39, 0.29) is 0 Å². The molecule has 148 valence electrons. The van der Waals surface area contributed by atoms with Gasteiger partial charge in [0.2, 0.25) is 0 Å². The molecule has 3 saturated heterocycles. The van der Waals surface area contributed by atoms with Crippen molar-refractivity contribution in [2.24, 2.45) is 10.9 Å². The number of hydrogen-bond donors (Lipinski definition) is 2. The van der Waals surface area contributed by atoms with Crippen molar-refractivity contribution in [3.8, 4) is 0 Å². The molecule has 0 aliphatic carbocycles. The molecule has 0 amide bonds. The Morgan fingerprint density at radius 1 is 1.33 bits per heavy atom. The molecule has 0 radical (unpaired) electrons. The number of rotatable bonds is 5. The van der Waals surface area contributed by atoms with Crippen molar-refractivity contribution in [3.63, 3.8) is 0 Å². The zero-order chi connectivity index (χ0) is 18.8. The second-order valence-corrected chi connectivity index (χ2v) is 8.55. The number of aryl methyl sites for hydroxylation is 1.